The molecule has 0 aliphatic carbocycles. The maximum atomic E-state index is 11.7. The van der Waals surface area contributed by atoms with Gasteiger partial charge in [0.05, 0.1) is 0 Å². The second kappa shape index (κ2) is 5.66. The van der Waals surface area contributed by atoms with Crippen molar-refractivity contribution in [3.05, 3.63) is 35.4 Å². The summed E-state index contributed by atoms with van der Waals surface area (Å²) < 4.78 is 5.00. The van der Waals surface area contributed by atoms with Crippen molar-refractivity contribution in [2.45, 2.75) is 26.5 Å². The van der Waals surface area contributed by atoms with Gasteiger partial charge < -0.3 is 9.64 Å². The van der Waals surface area contributed by atoms with E-state index in [4.69, 9.17) is 4.74 Å². The molecule has 16 heavy (non-hydrogen) atoms. The van der Waals surface area contributed by atoms with Crippen molar-refractivity contribution in [2.75, 3.05) is 14.2 Å². The molecule has 0 radical (unpaired) electrons. The average Bonchev–Trinajstić information content (AvgIpc) is 2.30. The molecule has 0 N–H and O–H groups in total. The lowest BCUT2D eigenvalue weighted by atomic mass is 10.1. The van der Waals surface area contributed by atoms with Crippen LogP contribution in [0.15, 0.2) is 24.3 Å². The number of benzene rings is 1. The highest BCUT2D eigenvalue weighted by molar-refractivity contribution is 5.80. The average molecular weight is 221 g/mol. The first-order valence-corrected chi connectivity index (χ1v) is 5.38. The number of hydrogen-bond acceptors (Lipinski definition) is 2. The number of nitrogens with zero attached hydrogens (tertiary/aromatic N) is 1. The first-order valence-electron chi connectivity index (χ1n) is 5.38. The summed E-state index contributed by atoms with van der Waals surface area (Å²) in [6, 6.07) is 8.17. The molecule has 0 bridgehead atoms. The van der Waals surface area contributed by atoms with Crippen molar-refractivity contribution < 1.29 is 9.53 Å². The van der Waals surface area contributed by atoms with Crippen LogP contribution < -0.4 is 0 Å². The fourth-order valence-electron chi connectivity index (χ4n) is 1.46. The second-order valence-corrected chi connectivity index (χ2v) is 4.06. The van der Waals surface area contributed by atoms with E-state index in [2.05, 4.69) is 0 Å². The molecule has 0 heterocycles. The van der Waals surface area contributed by atoms with Crippen molar-refractivity contribution in [2.24, 2.45) is 0 Å². The molecule has 3 nitrogen and oxygen atoms in total. The summed E-state index contributed by atoms with van der Waals surface area (Å²) in [7, 11) is 3.33. The van der Waals surface area contributed by atoms with E-state index in [1.165, 1.54) is 5.56 Å². The van der Waals surface area contributed by atoms with Crippen LogP contribution in [0.25, 0.3) is 0 Å². The first-order chi connectivity index (χ1) is 7.54. The van der Waals surface area contributed by atoms with Gasteiger partial charge >= 0.3 is 0 Å². The molecule has 0 saturated carbocycles. The number of methoxy groups -OCH3 is 1. The molecule has 1 rings (SSSR count). The monoisotopic (exact) mass is 221 g/mol. The van der Waals surface area contributed by atoms with E-state index in [0.29, 0.717) is 6.54 Å². The highest BCUT2D eigenvalue weighted by Crippen LogP contribution is 2.07. The summed E-state index contributed by atoms with van der Waals surface area (Å²) in [6.45, 7) is 4.42. The van der Waals surface area contributed by atoms with Gasteiger partial charge in [-0.05, 0) is 19.4 Å². The lowest BCUT2D eigenvalue weighted by Crippen LogP contribution is -2.35. The molecule has 0 aliphatic rings. The van der Waals surface area contributed by atoms with Crippen LogP contribution in [0.4, 0.5) is 0 Å². The lowest BCUT2D eigenvalue weighted by Gasteiger charge is -2.20. The van der Waals surface area contributed by atoms with Crippen LogP contribution in [0.1, 0.15) is 18.1 Å². The fourth-order valence-corrected chi connectivity index (χ4v) is 1.46. The lowest BCUT2D eigenvalue weighted by molar-refractivity contribution is -0.140. The first kappa shape index (κ1) is 12.7. The van der Waals surface area contributed by atoms with E-state index >= 15 is 0 Å². The minimum atomic E-state index is -0.379. The van der Waals surface area contributed by atoms with Crippen molar-refractivity contribution in [3.8, 4) is 0 Å². The Morgan fingerprint density at radius 2 is 1.94 bits per heavy atom. The third-order valence-electron chi connectivity index (χ3n) is 2.62. The number of carbonyl (C=O) groups is 1. The topological polar surface area (TPSA) is 29.5 Å². The number of hydrogen-bond donors (Lipinski definition) is 0. The summed E-state index contributed by atoms with van der Waals surface area (Å²) in [5.74, 6) is 0.00285. The van der Waals surface area contributed by atoms with Gasteiger partial charge in [0.1, 0.15) is 6.10 Å². The molecular weight excluding hydrogens is 202 g/mol. The number of carbonyl (C=O) groups excluding carboxylic acids is 1. The molecule has 88 valence electrons. The van der Waals surface area contributed by atoms with Crippen LogP contribution in [-0.2, 0) is 16.1 Å². The molecule has 0 spiro atoms. The van der Waals surface area contributed by atoms with E-state index in [1.807, 2.05) is 31.2 Å². The van der Waals surface area contributed by atoms with Gasteiger partial charge in [-0.1, -0.05) is 29.8 Å². The van der Waals surface area contributed by atoms with Gasteiger partial charge in [-0.3, -0.25) is 4.79 Å². The van der Waals surface area contributed by atoms with Crippen molar-refractivity contribution in [3.63, 3.8) is 0 Å². The van der Waals surface area contributed by atoms with Crippen LogP contribution in [0.3, 0.4) is 0 Å². The SMILES string of the molecule is COC(C)C(=O)N(C)Cc1ccc(C)cc1. The van der Waals surface area contributed by atoms with Gasteiger partial charge in [-0.15, -0.1) is 0 Å². The Labute approximate surface area is 97.0 Å². The van der Waals surface area contributed by atoms with E-state index in [-0.39, 0.29) is 12.0 Å². The Morgan fingerprint density at radius 3 is 2.44 bits per heavy atom. The molecule has 0 fully saturated rings. The minimum Gasteiger partial charge on any atom is -0.372 e. The normalized spacial score (nSPS) is 12.2. The van der Waals surface area contributed by atoms with E-state index in [1.54, 1.807) is 26.0 Å². The van der Waals surface area contributed by atoms with Crippen molar-refractivity contribution in [1.29, 1.82) is 0 Å². The largest absolute Gasteiger partial charge is 0.372 e. The number of aryl methyl sites for hydroxylation is 1. The summed E-state index contributed by atoms with van der Waals surface area (Å²) in [5, 5.41) is 0. The third kappa shape index (κ3) is 3.35. The Balaban J connectivity index is 2.60. The zero-order valence-corrected chi connectivity index (χ0v) is 10.4. The van der Waals surface area contributed by atoms with Gasteiger partial charge in [0.15, 0.2) is 0 Å². The van der Waals surface area contributed by atoms with Gasteiger partial charge in [0.25, 0.3) is 5.91 Å². The summed E-state index contributed by atoms with van der Waals surface area (Å²) in [4.78, 5) is 13.4. The molecule has 1 aromatic carbocycles. The zero-order valence-electron chi connectivity index (χ0n) is 10.4. The summed E-state index contributed by atoms with van der Waals surface area (Å²) in [5.41, 5.74) is 2.35. The predicted octanol–water partition coefficient (Wildman–Crippen LogP) is 1.99. The quantitative estimate of drug-likeness (QED) is 0.778. The second-order valence-electron chi connectivity index (χ2n) is 4.06. The zero-order chi connectivity index (χ0) is 12.1. The molecule has 0 aromatic heterocycles. The number of amides is 1. The smallest absolute Gasteiger partial charge is 0.251 e. The minimum absolute atomic E-state index is 0.00285. The molecule has 0 saturated heterocycles. The van der Waals surface area contributed by atoms with Gasteiger partial charge in [0, 0.05) is 20.7 Å². The Kier molecular flexibility index (Phi) is 4.50. The predicted molar refractivity (Wildman–Crippen MR) is 64.1 cm³/mol. The highest BCUT2D eigenvalue weighted by Gasteiger charge is 2.16. The Morgan fingerprint density at radius 1 is 1.38 bits per heavy atom. The highest BCUT2D eigenvalue weighted by atomic mass is 16.5. The third-order valence-corrected chi connectivity index (χ3v) is 2.62. The molecule has 3 heteroatoms. The van der Waals surface area contributed by atoms with E-state index in [9.17, 15) is 4.79 Å². The maximum Gasteiger partial charge on any atom is 0.251 e. The van der Waals surface area contributed by atoms with Crippen LogP contribution >= 0.6 is 0 Å². The molecule has 1 atom stereocenters. The summed E-state index contributed by atoms with van der Waals surface area (Å²) in [6.07, 6.45) is -0.379. The molecular formula is C13H19NO2. The van der Waals surface area contributed by atoms with Crippen LogP contribution in [-0.4, -0.2) is 31.1 Å². The Hall–Kier alpha value is -1.35. The van der Waals surface area contributed by atoms with E-state index < -0.39 is 0 Å². The number of ether oxygens (including phenoxy) is 1. The summed E-state index contributed by atoms with van der Waals surface area (Å²) >= 11 is 0. The fraction of sp³-hybridized carbons (Fsp3) is 0.462. The van der Waals surface area contributed by atoms with Crippen LogP contribution in [0.5, 0.6) is 0 Å². The van der Waals surface area contributed by atoms with Crippen LogP contribution in [0.2, 0.25) is 0 Å². The Bertz CT molecular complexity index is 345. The van der Waals surface area contributed by atoms with Gasteiger partial charge in [-0.25, -0.2) is 0 Å². The number of likely N-dealkylation sites (N-methyl/N-ethyl adjacent to an activating group) is 1. The maximum absolute atomic E-state index is 11.7. The van der Waals surface area contributed by atoms with Gasteiger partial charge in [0.2, 0.25) is 0 Å². The molecule has 1 amide bonds. The standard InChI is InChI=1S/C13H19NO2/c1-10-5-7-12(8-6-10)9-14(3)13(15)11(2)16-4/h5-8,11H,9H2,1-4H3. The molecule has 1 aromatic rings. The van der Waals surface area contributed by atoms with E-state index in [0.717, 1.165) is 5.56 Å². The van der Waals surface area contributed by atoms with Crippen molar-refractivity contribution >= 4 is 5.91 Å². The molecule has 0 aliphatic heterocycles. The number of rotatable bonds is 4. The van der Waals surface area contributed by atoms with Crippen molar-refractivity contribution in [1.82, 2.24) is 4.90 Å². The van der Waals surface area contributed by atoms with Gasteiger partial charge in [-0.2, -0.15) is 0 Å². The molecule has 1 unspecified atom stereocenters. The van der Waals surface area contributed by atoms with Crippen LogP contribution in [0, 0.1) is 6.92 Å².